The minimum atomic E-state index is -0.125. The summed E-state index contributed by atoms with van der Waals surface area (Å²) in [5.74, 6) is 0.866. The molecule has 1 N–H and O–H groups in total. The fraction of sp³-hybridized carbons (Fsp3) is 0.142. The fourth-order valence-corrected chi connectivity index (χ4v) is 17.3. The van der Waals surface area contributed by atoms with Crippen LogP contribution in [0.4, 0.5) is 0 Å². The van der Waals surface area contributed by atoms with E-state index in [9.17, 15) is 4.79 Å². The van der Waals surface area contributed by atoms with Crippen molar-refractivity contribution in [3.05, 3.63) is 408 Å². The number of hydrogen-bond acceptors (Lipinski definition) is 8. The molecule has 12 nitrogen and oxygen atoms in total. The second-order valence-corrected chi connectivity index (χ2v) is 33.1. The van der Waals surface area contributed by atoms with Crippen LogP contribution < -0.4 is 0 Å². The summed E-state index contributed by atoms with van der Waals surface area (Å²) in [6, 6.07) is 109. The number of benzene rings is 13. The minimum Gasteiger partial charge on any atom is -0.512 e. The Kier molecular flexibility index (Phi) is 33.3. The van der Waals surface area contributed by atoms with Gasteiger partial charge in [0.2, 0.25) is 0 Å². The Morgan fingerprint density at radius 3 is 1.20 bits per heavy atom. The van der Waals surface area contributed by atoms with E-state index in [1.165, 1.54) is 147 Å². The van der Waals surface area contributed by atoms with Crippen molar-refractivity contribution < 1.29 is 110 Å². The van der Waals surface area contributed by atoms with Crippen molar-refractivity contribution in [1.82, 2.24) is 47.7 Å². The van der Waals surface area contributed by atoms with Crippen molar-refractivity contribution >= 4 is 87.8 Å². The molecular formula is C113H97Ir5N10O2-5. The summed E-state index contributed by atoms with van der Waals surface area (Å²) in [4.78, 5) is 37.8. The number of pyridine rings is 3. The third kappa shape index (κ3) is 21.0. The number of imidazole rings is 4. The average Bonchev–Trinajstić information content (AvgIpc) is 1.54. The van der Waals surface area contributed by atoms with Crippen molar-refractivity contribution in [2.75, 3.05) is 0 Å². The zero-order valence-electron chi connectivity index (χ0n) is 74.7. The van der Waals surface area contributed by atoms with Crippen molar-refractivity contribution in [2.45, 2.75) is 103 Å². The Bertz CT molecular complexity index is 7480. The summed E-state index contributed by atoms with van der Waals surface area (Å²) < 4.78 is 9.04. The van der Waals surface area contributed by atoms with Gasteiger partial charge >= 0.3 is 0 Å². The molecule has 0 bridgehead atoms. The van der Waals surface area contributed by atoms with Crippen LogP contribution in [0.25, 0.3) is 155 Å². The van der Waals surface area contributed by atoms with Gasteiger partial charge in [0.05, 0.1) is 51.3 Å². The van der Waals surface area contributed by atoms with Gasteiger partial charge in [-0.05, 0) is 178 Å². The van der Waals surface area contributed by atoms with Crippen LogP contribution in [0.5, 0.6) is 0 Å². The number of carbonyl (C=O) groups excluding carboxylic acids is 1. The average molecular weight is 2590 g/mol. The van der Waals surface area contributed by atoms with E-state index >= 15 is 0 Å². The van der Waals surface area contributed by atoms with Crippen LogP contribution in [0.1, 0.15) is 90.3 Å². The first-order valence-corrected chi connectivity index (χ1v) is 42.2. The zero-order chi connectivity index (χ0) is 87.2. The summed E-state index contributed by atoms with van der Waals surface area (Å²) in [5.41, 5.74) is 32.7. The van der Waals surface area contributed by atoms with Crippen LogP contribution in [-0.4, -0.2) is 58.6 Å². The van der Waals surface area contributed by atoms with Gasteiger partial charge in [0, 0.05) is 195 Å². The Hall–Kier alpha value is -11.8. The van der Waals surface area contributed by atoms with Gasteiger partial charge in [-0.3, -0.25) is 29.7 Å². The number of rotatable bonds is 9. The van der Waals surface area contributed by atoms with E-state index < -0.39 is 0 Å². The van der Waals surface area contributed by atoms with Crippen LogP contribution in [-0.2, 0) is 112 Å². The largest absolute Gasteiger partial charge is 0.512 e. The van der Waals surface area contributed by atoms with Crippen molar-refractivity contribution in [1.29, 1.82) is 0 Å². The summed E-state index contributed by atoms with van der Waals surface area (Å²) in [5, 5.41) is 18.9. The van der Waals surface area contributed by atoms with Gasteiger partial charge in [-0.2, -0.15) is 0 Å². The SMILES string of the molecule is CC(=O)C=C(C)O.Cc1ccc2c(c1)c1ccc[c-]c1c1ncc(-c3c(C)cccc3C)n21.Cc1cccc(C)c1-c1cnc2c3[c-]cccc3c3cc(CC(C)(C)C)ccc3n12.Cc1cccc(C)c1-c1cnc2c3[c-]cccc3c3ccccc3n12.Cc1cccc(C)c1-n1ccnc1-c1[c-]cccc1.[Ir].[Ir].[Ir].[Ir].[Ir].[c-]1ccccc1-c1nccnc1-c1ccccc1. The standard InChI is InChI=1S/C28H27N2.C24H19N2.C23H17N2.C17H15N2.C16H11N2.C5H8O2.5Ir/c1-18-9-8-10-19(2)26(18)25-17-29-27-22-12-7-6-11-21(22)23-15-20(16-28(3,4)5)13-14-24(23)30(25)27;1-15-11-12-21-20(13-15)18-9-4-5-10-19(18)24-25-14-22(26(21)24)23-16(2)7-6-8-17(23)3;1-15-8-7-9-16(2)22(15)21-14-24-23-19-12-4-3-10-17(19)18-11-5-6-13-20(18)25(21)23;1-13-7-6-8-14(2)16(13)19-12-11-18-17(19)15-9-4-3-5-10-15;1-3-7-13(8-4-1)15-16(18-12-11-17-15)14-9-5-2-6-10-14;1-4(6)3-5(2)7;;;;;/h6-11,13-15,17H,16H2,1-5H3;4-9,11-14H,1-3H3;3-11,13-14H,1-2H3;3-9,11-12H,1-2H3;1-9,11-12H;3,6H,1-2H3;;;;;/q5*-1;;;;;;. The first kappa shape index (κ1) is 98.8. The van der Waals surface area contributed by atoms with Crippen LogP contribution in [0.3, 0.4) is 0 Å². The fourth-order valence-electron chi connectivity index (χ4n) is 17.3. The Morgan fingerprint density at radius 1 is 0.369 bits per heavy atom. The van der Waals surface area contributed by atoms with Crippen molar-refractivity contribution in [3.8, 4) is 73.4 Å². The molecule has 13 aromatic carbocycles. The van der Waals surface area contributed by atoms with Crippen molar-refractivity contribution in [2.24, 2.45) is 5.41 Å². The molecule has 0 saturated heterocycles. The van der Waals surface area contributed by atoms with E-state index in [1.807, 2.05) is 134 Å². The number of para-hydroxylation sites is 2. The van der Waals surface area contributed by atoms with Gasteiger partial charge in [-0.15, -0.1) is 161 Å². The van der Waals surface area contributed by atoms with Crippen LogP contribution in [0.2, 0.25) is 0 Å². The monoisotopic (exact) mass is 2590 g/mol. The van der Waals surface area contributed by atoms with Crippen LogP contribution in [0.15, 0.2) is 322 Å². The predicted octanol–water partition coefficient (Wildman–Crippen LogP) is 27.7. The van der Waals surface area contributed by atoms with Crippen LogP contribution >= 0.6 is 0 Å². The van der Waals surface area contributed by atoms with E-state index in [4.69, 9.17) is 20.1 Å². The summed E-state index contributed by atoms with van der Waals surface area (Å²) >= 11 is 0. The van der Waals surface area contributed by atoms with E-state index in [0.29, 0.717) is 0 Å². The first-order valence-electron chi connectivity index (χ1n) is 42.2. The normalized spacial score (nSPS) is 11.0. The molecule has 8 aromatic heterocycles. The molecule has 17 heteroatoms. The maximum atomic E-state index is 10.0. The molecule has 0 fully saturated rings. The third-order valence-electron chi connectivity index (χ3n) is 22.6. The maximum absolute atomic E-state index is 10.0. The van der Waals surface area contributed by atoms with E-state index in [0.717, 1.165) is 90.5 Å². The molecule has 5 radical (unpaired) electrons. The second-order valence-electron chi connectivity index (χ2n) is 33.1. The molecular weight excluding hydrogens is 2490 g/mol. The molecule has 0 saturated carbocycles. The van der Waals surface area contributed by atoms with Gasteiger partial charge in [-0.1, -0.05) is 188 Å². The molecule has 130 heavy (non-hydrogen) atoms. The molecule has 0 amide bonds. The van der Waals surface area contributed by atoms with Crippen LogP contribution in [0, 0.1) is 98.1 Å². The maximum Gasteiger partial charge on any atom is 0.155 e. The zero-order valence-corrected chi connectivity index (χ0v) is 86.7. The Morgan fingerprint density at radius 2 is 0.762 bits per heavy atom. The molecule has 661 valence electrons. The van der Waals surface area contributed by atoms with E-state index in [2.05, 4.69) is 310 Å². The quantitative estimate of drug-likeness (QED) is 0.0654. The summed E-state index contributed by atoms with van der Waals surface area (Å²) in [7, 11) is 0. The number of aliphatic hydroxyl groups excluding tert-OH is 1. The predicted molar refractivity (Wildman–Crippen MR) is 516 cm³/mol. The number of allylic oxidation sites excluding steroid dienone is 2. The second kappa shape index (κ2) is 43.8. The third-order valence-corrected chi connectivity index (χ3v) is 22.6. The van der Waals surface area contributed by atoms with Gasteiger partial charge in [0.1, 0.15) is 0 Å². The van der Waals surface area contributed by atoms with Gasteiger partial charge in [0.15, 0.2) is 5.78 Å². The van der Waals surface area contributed by atoms with Gasteiger partial charge in [0.25, 0.3) is 0 Å². The van der Waals surface area contributed by atoms with E-state index in [1.54, 1.807) is 12.4 Å². The topological polar surface area (TPSA) is 133 Å². The number of carbonyl (C=O) groups is 1. The Labute approximate surface area is 828 Å². The van der Waals surface area contributed by atoms with Gasteiger partial charge in [-0.25, -0.2) is 0 Å². The molecule has 0 aliphatic carbocycles. The number of hydrogen-bond donors (Lipinski definition) is 1. The Balaban J connectivity index is 0.000000154. The number of fused-ring (bicyclic) bond motifs is 18. The van der Waals surface area contributed by atoms with E-state index in [-0.39, 0.29) is 117 Å². The van der Waals surface area contributed by atoms with Crippen molar-refractivity contribution in [3.63, 3.8) is 0 Å². The molecule has 21 rings (SSSR count). The number of ketones is 1. The number of aryl methyl sites for hydroxylation is 9. The molecule has 0 atom stereocenters. The molecule has 0 aliphatic heterocycles. The number of aromatic nitrogens is 10. The molecule has 21 aromatic rings. The summed E-state index contributed by atoms with van der Waals surface area (Å²) in [6.07, 6.45) is 15.5. The molecule has 8 heterocycles. The smallest absolute Gasteiger partial charge is 0.155 e. The van der Waals surface area contributed by atoms with Gasteiger partial charge < -0.3 is 27.9 Å². The number of nitrogens with zero attached hydrogens (tertiary/aromatic N) is 10. The first-order chi connectivity index (χ1) is 60.6. The molecule has 0 unspecified atom stereocenters. The molecule has 0 aliphatic rings. The molecule has 0 spiro atoms. The summed E-state index contributed by atoms with van der Waals surface area (Å²) in [6.45, 7) is 29.1. The number of aliphatic hydroxyl groups is 1. The minimum absolute atomic E-state index is 0.